The second-order valence-corrected chi connectivity index (χ2v) is 3.92. The van der Waals surface area contributed by atoms with E-state index in [0.717, 1.165) is 18.8 Å². The topological polar surface area (TPSA) is 69.0 Å². The fraction of sp³-hybridized carbons (Fsp3) is 0.727. The number of hydrogen-bond donors (Lipinski definition) is 1. The summed E-state index contributed by atoms with van der Waals surface area (Å²) >= 11 is 0. The fourth-order valence-corrected chi connectivity index (χ4v) is 1.59. The van der Waals surface area contributed by atoms with Gasteiger partial charge in [-0.15, -0.1) is 0 Å². The lowest BCUT2D eigenvalue weighted by Crippen LogP contribution is -2.41. The van der Waals surface area contributed by atoms with Crippen LogP contribution >= 0.6 is 0 Å². The van der Waals surface area contributed by atoms with Crippen molar-refractivity contribution in [2.45, 2.75) is 39.8 Å². The van der Waals surface area contributed by atoms with E-state index in [4.69, 9.17) is 4.74 Å². The number of carbonyl (C=O) groups is 1. The largest absolute Gasteiger partial charge is 0.468 e. The molecule has 0 aromatic carbocycles. The van der Waals surface area contributed by atoms with Crippen molar-refractivity contribution in [2.24, 2.45) is 0 Å². The molecule has 6 heteroatoms. The van der Waals surface area contributed by atoms with Crippen LogP contribution in [0.25, 0.3) is 0 Å². The van der Waals surface area contributed by atoms with Gasteiger partial charge in [-0.25, -0.2) is 9.67 Å². The third kappa shape index (κ3) is 3.81. The van der Waals surface area contributed by atoms with Crippen molar-refractivity contribution in [3.8, 4) is 0 Å². The summed E-state index contributed by atoms with van der Waals surface area (Å²) in [5, 5.41) is 7.37. The van der Waals surface area contributed by atoms with Gasteiger partial charge in [0.1, 0.15) is 17.7 Å². The van der Waals surface area contributed by atoms with Crippen LogP contribution in [0.2, 0.25) is 0 Å². The van der Waals surface area contributed by atoms with Gasteiger partial charge in [-0.3, -0.25) is 4.79 Å². The minimum atomic E-state index is -0.375. The number of rotatable bonds is 6. The SMILES string of the molecule is CCCNC(Cn1nc(C)nc1C)C(=O)OC. The number of ether oxygens (including phenoxy) is 1. The molecule has 0 bridgehead atoms. The number of aryl methyl sites for hydroxylation is 2. The van der Waals surface area contributed by atoms with E-state index < -0.39 is 0 Å². The minimum Gasteiger partial charge on any atom is -0.468 e. The zero-order valence-electron chi connectivity index (χ0n) is 10.9. The number of aromatic nitrogens is 3. The van der Waals surface area contributed by atoms with Crippen molar-refractivity contribution in [2.75, 3.05) is 13.7 Å². The predicted molar refractivity (Wildman–Crippen MR) is 63.6 cm³/mol. The number of carbonyl (C=O) groups excluding carboxylic acids is 1. The summed E-state index contributed by atoms with van der Waals surface area (Å²) in [5.74, 6) is 1.24. The Hall–Kier alpha value is -1.43. The summed E-state index contributed by atoms with van der Waals surface area (Å²) in [4.78, 5) is 15.8. The average molecular weight is 240 g/mol. The molecule has 1 heterocycles. The van der Waals surface area contributed by atoms with E-state index in [9.17, 15) is 4.79 Å². The van der Waals surface area contributed by atoms with E-state index in [1.807, 2.05) is 20.8 Å². The molecule has 17 heavy (non-hydrogen) atoms. The molecule has 0 amide bonds. The summed E-state index contributed by atoms with van der Waals surface area (Å²) < 4.78 is 6.49. The van der Waals surface area contributed by atoms with Crippen LogP contribution in [0.5, 0.6) is 0 Å². The summed E-state index contributed by atoms with van der Waals surface area (Å²) in [6.45, 7) is 6.96. The molecule has 1 atom stereocenters. The summed E-state index contributed by atoms with van der Waals surface area (Å²) in [6, 6.07) is -0.375. The van der Waals surface area contributed by atoms with E-state index in [-0.39, 0.29) is 12.0 Å². The van der Waals surface area contributed by atoms with Crippen LogP contribution in [0.3, 0.4) is 0 Å². The van der Waals surface area contributed by atoms with Crippen LogP contribution in [-0.2, 0) is 16.1 Å². The predicted octanol–water partition coefficient (Wildman–Crippen LogP) is 0.436. The summed E-state index contributed by atoms with van der Waals surface area (Å²) in [7, 11) is 1.39. The maximum Gasteiger partial charge on any atom is 0.324 e. The number of nitrogens with one attached hydrogen (secondary N) is 1. The molecule has 0 spiro atoms. The van der Waals surface area contributed by atoms with Gasteiger partial charge in [-0.05, 0) is 26.8 Å². The molecular weight excluding hydrogens is 220 g/mol. The first-order chi connectivity index (χ1) is 8.08. The molecule has 0 fully saturated rings. The molecule has 1 rings (SSSR count). The van der Waals surface area contributed by atoms with Gasteiger partial charge in [-0.1, -0.05) is 6.92 Å². The van der Waals surface area contributed by atoms with E-state index in [1.54, 1.807) is 4.68 Å². The molecule has 1 unspecified atom stereocenters. The fourth-order valence-electron chi connectivity index (χ4n) is 1.59. The molecule has 6 nitrogen and oxygen atoms in total. The highest BCUT2D eigenvalue weighted by Crippen LogP contribution is 2.00. The zero-order valence-corrected chi connectivity index (χ0v) is 10.9. The van der Waals surface area contributed by atoms with Crippen molar-refractivity contribution >= 4 is 5.97 Å². The molecule has 1 N–H and O–H groups in total. The second kappa shape index (κ2) is 6.34. The van der Waals surface area contributed by atoms with Gasteiger partial charge in [-0.2, -0.15) is 5.10 Å². The molecule has 96 valence electrons. The Kier molecular flexibility index (Phi) is 5.09. The number of methoxy groups -OCH3 is 1. The highest BCUT2D eigenvalue weighted by molar-refractivity contribution is 5.75. The lowest BCUT2D eigenvalue weighted by Gasteiger charge is -2.16. The van der Waals surface area contributed by atoms with Crippen LogP contribution in [0.15, 0.2) is 0 Å². The standard InChI is InChI=1S/C11H20N4O2/c1-5-6-12-10(11(16)17-4)7-15-9(3)13-8(2)14-15/h10,12H,5-7H2,1-4H3. The monoisotopic (exact) mass is 240 g/mol. The van der Waals surface area contributed by atoms with Gasteiger partial charge in [0.25, 0.3) is 0 Å². The Balaban J connectivity index is 2.71. The Morgan fingerprint density at radius 3 is 2.71 bits per heavy atom. The molecule has 0 aliphatic carbocycles. The lowest BCUT2D eigenvalue weighted by molar-refractivity contribution is -0.143. The Morgan fingerprint density at radius 2 is 2.24 bits per heavy atom. The van der Waals surface area contributed by atoms with Crippen molar-refractivity contribution in [1.82, 2.24) is 20.1 Å². The number of esters is 1. The van der Waals surface area contributed by atoms with Crippen molar-refractivity contribution in [1.29, 1.82) is 0 Å². The minimum absolute atomic E-state index is 0.272. The first kappa shape index (κ1) is 13.6. The first-order valence-corrected chi connectivity index (χ1v) is 5.77. The molecule has 0 radical (unpaired) electrons. The quantitative estimate of drug-likeness (QED) is 0.730. The number of hydrogen-bond acceptors (Lipinski definition) is 5. The zero-order chi connectivity index (χ0) is 12.8. The molecule has 1 aromatic rings. The first-order valence-electron chi connectivity index (χ1n) is 5.77. The second-order valence-electron chi connectivity index (χ2n) is 3.92. The van der Waals surface area contributed by atoms with Crippen LogP contribution in [0, 0.1) is 13.8 Å². The van der Waals surface area contributed by atoms with Crippen LogP contribution < -0.4 is 5.32 Å². The third-order valence-electron chi connectivity index (χ3n) is 2.44. The lowest BCUT2D eigenvalue weighted by atomic mass is 10.3. The Morgan fingerprint density at radius 1 is 1.53 bits per heavy atom. The van der Waals surface area contributed by atoms with Gasteiger partial charge >= 0.3 is 5.97 Å². The highest BCUT2D eigenvalue weighted by Gasteiger charge is 2.20. The van der Waals surface area contributed by atoms with Gasteiger partial charge in [0, 0.05) is 0 Å². The maximum atomic E-state index is 11.6. The van der Waals surface area contributed by atoms with E-state index >= 15 is 0 Å². The highest BCUT2D eigenvalue weighted by atomic mass is 16.5. The van der Waals surface area contributed by atoms with Crippen LogP contribution in [0.1, 0.15) is 25.0 Å². The van der Waals surface area contributed by atoms with E-state index in [1.165, 1.54) is 7.11 Å². The maximum absolute atomic E-state index is 11.6. The summed E-state index contributed by atoms with van der Waals surface area (Å²) in [6.07, 6.45) is 0.961. The summed E-state index contributed by atoms with van der Waals surface area (Å²) in [5.41, 5.74) is 0. The smallest absolute Gasteiger partial charge is 0.324 e. The van der Waals surface area contributed by atoms with Crippen molar-refractivity contribution < 1.29 is 9.53 Å². The normalized spacial score (nSPS) is 12.5. The average Bonchev–Trinajstić information content (AvgIpc) is 2.62. The van der Waals surface area contributed by atoms with Gasteiger partial charge < -0.3 is 10.1 Å². The van der Waals surface area contributed by atoms with Crippen molar-refractivity contribution in [3.63, 3.8) is 0 Å². The Labute approximate surface area is 101 Å². The van der Waals surface area contributed by atoms with Gasteiger partial charge in [0.05, 0.1) is 13.7 Å². The third-order valence-corrected chi connectivity index (χ3v) is 2.44. The van der Waals surface area contributed by atoms with E-state index in [0.29, 0.717) is 12.4 Å². The molecule has 0 aliphatic heterocycles. The molecule has 0 saturated carbocycles. The molecule has 0 saturated heterocycles. The van der Waals surface area contributed by atoms with Gasteiger partial charge in [0.2, 0.25) is 0 Å². The Bertz CT molecular complexity index is 376. The van der Waals surface area contributed by atoms with Crippen LogP contribution in [0.4, 0.5) is 0 Å². The molecule has 0 aliphatic rings. The van der Waals surface area contributed by atoms with E-state index in [2.05, 4.69) is 15.4 Å². The number of nitrogens with zero attached hydrogens (tertiary/aromatic N) is 3. The van der Waals surface area contributed by atoms with Crippen LogP contribution in [-0.4, -0.2) is 40.4 Å². The molecular formula is C11H20N4O2. The van der Waals surface area contributed by atoms with Gasteiger partial charge in [0.15, 0.2) is 0 Å². The molecule has 1 aromatic heterocycles. The van der Waals surface area contributed by atoms with Crippen molar-refractivity contribution in [3.05, 3.63) is 11.6 Å².